The van der Waals surface area contributed by atoms with Gasteiger partial charge < -0.3 is 0 Å². The minimum atomic E-state index is -0.101. The smallest absolute Gasteiger partial charge is 0.149 e. The van der Waals surface area contributed by atoms with Crippen LogP contribution in [0.2, 0.25) is 0 Å². The molecule has 0 bridgehead atoms. The molecule has 1 atom stereocenters. The van der Waals surface area contributed by atoms with Gasteiger partial charge in [-0.25, -0.2) is 0 Å². The van der Waals surface area contributed by atoms with Crippen LogP contribution in [0.5, 0.6) is 0 Å². The van der Waals surface area contributed by atoms with E-state index < -0.39 is 0 Å². The number of rotatable bonds is 2. The molecule has 2 aromatic rings. The average Bonchev–Trinajstić information content (AvgIpc) is 2.66. The molecule has 2 heterocycles. The molecule has 78 valence electrons. The molecule has 0 radical (unpaired) electrons. The van der Waals surface area contributed by atoms with Crippen molar-refractivity contribution in [3.8, 4) is 10.6 Å². The summed E-state index contributed by atoms with van der Waals surface area (Å²) in [7, 11) is 0. The van der Waals surface area contributed by atoms with Crippen molar-refractivity contribution in [2.75, 3.05) is 0 Å². The zero-order valence-corrected chi connectivity index (χ0v) is 11.0. The second kappa shape index (κ2) is 4.55. The van der Waals surface area contributed by atoms with E-state index >= 15 is 0 Å². The molecular weight excluding hydrogens is 298 g/mol. The molecule has 0 fully saturated rings. The Bertz CT molecular complexity index is 472. The molecule has 6 heteroatoms. The van der Waals surface area contributed by atoms with Gasteiger partial charge in [0.1, 0.15) is 10.0 Å². The molecule has 0 spiro atoms. The lowest BCUT2D eigenvalue weighted by Crippen LogP contribution is -1.81. The predicted octanol–water partition coefficient (Wildman–Crippen LogP) is 3.66. The molecule has 0 saturated heterocycles. The molecule has 0 aliphatic heterocycles. The molecule has 1 unspecified atom stereocenters. The van der Waals surface area contributed by atoms with E-state index in [9.17, 15) is 0 Å². The van der Waals surface area contributed by atoms with Gasteiger partial charge in [-0.05, 0) is 28.9 Å². The second-order valence-corrected chi connectivity index (χ2v) is 5.53. The highest BCUT2D eigenvalue weighted by Crippen LogP contribution is 2.29. The Balaban J connectivity index is 2.37. The van der Waals surface area contributed by atoms with Gasteiger partial charge in [-0.15, -0.1) is 21.8 Å². The second-order valence-electron chi connectivity index (χ2n) is 2.95. The summed E-state index contributed by atoms with van der Waals surface area (Å²) >= 11 is 10.8. The largest absolute Gasteiger partial charge is 0.263 e. The highest BCUT2D eigenvalue weighted by atomic mass is 79.9. The summed E-state index contributed by atoms with van der Waals surface area (Å²) in [4.78, 5) is 4.07. The maximum atomic E-state index is 5.92. The molecule has 3 nitrogen and oxygen atoms in total. The molecule has 0 saturated carbocycles. The van der Waals surface area contributed by atoms with Gasteiger partial charge in [-0.1, -0.05) is 11.3 Å². The van der Waals surface area contributed by atoms with Gasteiger partial charge in [0, 0.05) is 22.4 Å². The number of nitrogens with zero attached hydrogens (tertiary/aromatic N) is 3. The van der Waals surface area contributed by atoms with E-state index in [1.807, 2.05) is 13.0 Å². The fourth-order valence-corrected chi connectivity index (χ4v) is 2.34. The van der Waals surface area contributed by atoms with E-state index in [0.717, 1.165) is 20.1 Å². The summed E-state index contributed by atoms with van der Waals surface area (Å²) in [5.74, 6) is 0. The Morgan fingerprint density at radius 2 is 2.20 bits per heavy atom. The number of hydrogen-bond acceptors (Lipinski definition) is 4. The predicted molar refractivity (Wildman–Crippen MR) is 65.1 cm³/mol. The zero-order valence-electron chi connectivity index (χ0n) is 7.82. The lowest BCUT2D eigenvalue weighted by atomic mass is 10.3. The van der Waals surface area contributed by atoms with Gasteiger partial charge in [-0.2, -0.15) is 0 Å². The first kappa shape index (κ1) is 11.0. The Morgan fingerprint density at radius 1 is 1.40 bits per heavy atom. The molecule has 0 amide bonds. The molecule has 0 aliphatic carbocycles. The molecule has 0 N–H and O–H groups in total. The first-order chi connectivity index (χ1) is 7.16. The van der Waals surface area contributed by atoms with E-state index in [-0.39, 0.29) is 5.38 Å². The first-order valence-corrected chi connectivity index (χ1v) is 6.30. The lowest BCUT2D eigenvalue weighted by Gasteiger charge is -1.94. The highest BCUT2D eigenvalue weighted by Gasteiger charge is 2.10. The van der Waals surface area contributed by atoms with Crippen molar-refractivity contribution in [1.29, 1.82) is 0 Å². The van der Waals surface area contributed by atoms with Crippen LogP contribution in [0.3, 0.4) is 0 Å². The number of pyridine rings is 1. The van der Waals surface area contributed by atoms with E-state index in [1.54, 1.807) is 12.4 Å². The van der Waals surface area contributed by atoms with Crippen molar-refractivity contribution < 1.29 is 0 Å². The van der Waals surface area contributed by atoms with Crippen LogP contribution in [0.25, 0.3) is 10.6 Å². The van der Waals surface area contributed by atoms with Crippen LogP contribution in [-0.4, -0.2) is 15.2 Å². The molecular formula is C9H7BrClN3S. The summed E-state index contributed by atoms with van der Waals surface area (Å²) in [6, 6.07) is 1.95. The number of halogens is 2. The SMILES string of the molecule is CC(Cl)c1nnc(-c2cncc(Br)c2)s1. The first-order valence-electron chi connectivity index (χ1n) is 4.25. The fraction of sp³-hybridized carbons (Fsp3) is 0.222. The summed E-state index contributed by atoms with van der Waals surface area (Å²) in [6.07, 6.45) is 3.49. The molecule has 2 aromatic heterocycles. The van der Waals surface area contributed by atoms with Gasteiger partial charge in [0.15, 0.2) is 0 Å². The summed E-state index contributed by atoms with van der Waals surface area (Å²) in [5, 5.41) is 9.65. The third-order valence-electron chi connectivity index (χ3n) is 1.73. The standard InChI is InChI=1S/C9H7BrClN3S/c1-5(11)8-13-14-9(15-8)6-2-7(10)4-12-3-6/h2-5H,1H3. The summed E-state index contributed by atoms with van der Waals surface area (Å²) in [5.41, 5.74) is 0.949. The van der Waals surface area contributed by atoms with Crippen molar-refractivity contribution in [3.63, 3.8) is 0 Å². The minimum Gasteiger partial charge on any atom is -0.263 e. The Morgan fingerprint density at radius 3 is 2.80 bits per heavy atom. The average molecular weight is 305 g/mol. The van der Waals surface area contributed by atoms with Crippen LogP contribution in [0, 0.1) is 0 Å². The van der Waals surface area contributed by atoms with Crippen LogP contribution in [0.4, 0.5) is 0 Å². The highest BCUT2D eigenvalue weighted by molar-refractivity contribution is 9.10. The van der Waals surface area contributed by atoms with Gasteiger partial charge >= 0.3 is 0 Å². The topological polar surface area (TPSA) is 38.7 Å². The number of alkyl halides is 1. The summed E-state index contributed by atoms with van der Waals surface area (Å²) in [6.45, 7) is 1.88. The van der Waals surface area contributed by atoms with Crippen LogP contribution >= 0.6 is 38.9 Å². The third-order valence-corrected chi connectivity index (χ3v) is 3.66. The van der Waals surface area contributed by atoms with Crippen molar-refractivity contribution in [3.05, 3.63) is 27.9 Å². The quantitative estimate of drug-likeness (QED) is 0.795. The third kappa shape index (κ3) is 2.53. The van der Waals surface area contributed by atoms with Gasteiger partial charge in [0.05, 0.1) is 5.38 Å². The van der Waals surface area contributed by atoms with Crippen LogP contribution in [-0.2, 0) is 0 Å². The van der Waals surface area contributed by atoms with Crippen molar-refractivity contribution in [1.82, 2.24) is 15.2 Å². The van der Waals surface area contributed by atoms with E-state index in [2.05, 4.69) is 31.1 Å². The van der Waals surface area contributed by atoms with Gasteiger partial charge in [-0.3, -0.25) is 4.98 Å². The Kier molecular flexibility index (Phi) is 3.33. The van der Waals surface area contributed by atoms with Crippen molar-refractivity contribution >= 4 is 38.9 Å². The molecule has 2 rings (SSSR count). The molecule has 0 aliphatic rings. The van der Waals surface area contributed by atoms with E-state index in [0.29, 0.717) is 0 Å². The zero-order chi connectivity index (χ0) is 10.8. The van der Waals surface area contributed by atoms with Crippen LogP contribution in [0.15, 0.2) is 22.9 Å². The molecule has 0 aromatic carbocycles. The maximum Gasteiger partial charge on any atom is 0.149 e. The normalized spacial score (nSPS) is 12.7. The number of aromatic nitrogens is 3. The van der Waals surface area contributed by atoms with Gasteiger partial charge in [0.25, 0.3) is 0 Å². The van der Waals surface area contributed by atoms with Gasteiger partial charge in [0.2, 0.25) is 0 Å². The maximum absolute atomic E-state index is 5.92. The van der Waals surface area contributed by atoms with Crippen LogP contribution < -0.4 is 0 Å². The molecule has 15 heavy (non-hydrogen) atoms. The van der Waals surface area contributed by atoms with Crippen molar-refractivity contribution in [2.24, 2.45) is 0 Å². The van der Waals surface area contributed by atoms with Crippen molar-refractivity contribution in [2.45, 2.75) is 12.3 Å². The lowest BCUT2D eigenvalue weighted by molar-refractivity contribution is 0.962. The monoisotopic (exact) mass is 303 g/mol. The minimum absolute atomic E-state index is 0.101. The van der Waals surface area contributed by atoms with E-state index in [4.69, 9.17) is 11.6 Å². The summed E-state index contributed by atoms with van der Waals surface area (Å²) < 4.78 is 0.927. The Hall–Kier alpha value is -0.520. The van der Waals surface area contributed by atoms with E-state index in [1.165, 1.54) is 11.3 Å². The number of hydrogen-bond donors (Lipinski definition) is 0. The van der Waals surface area contributed by atoms with Crippen LogP contribution in [0.1, 0.15) is 17.3 Å². The fourth-order valence-electron chi connectivity index (χ4n) is 1.04. The Labute approximate surface area is 105 Å².